The molecule has 0 aromatic heterocycles. The highest BCUT2D eigenvalue weighted by Gasteiger charge is 2.10. The van der Waals surface area contributed by atoms with E-state index in [9.17, 15) is 14.5 Å². The van der Waals surface area contributed by atoms with Crippen molar-refractivity contribution < 1.29 is 9.31 Å². The summed E-state index contributed by atoms with van der Waals surface area (Å²) in [6.07, 6.45) is 0. The van der Waals surface area contributed by atoms with E-state index in [4.69, 9.17) is 0 Å². The number of nitrogens with one attached hydrogen (secondary N) is 2. The van der Waals surface area contributed by atoms with Gasteiger partial charge in [-0.2, -0.15) is 0 Å². The van der Waals surface area contributed by atoms with E-state index in [2.05, 4.69) is 10.6 Å². The van der Waals surface area contributed by atoms with E-state index in [0.29, 0.717) is 11.4 Å². The summed E-state index contributed by atoms with van der Waals surface area (Å²) >= 11 is 0. The standard InChI is InChI=1S/C14H14FN3O2/c1-9-3-4-14(13(15)5-9)17-11-6-10(16-2)7-12(8-11)18(19)20/h3-8,16-17H,1-2H3. The van der Waals surface area contributed by atoms with Gasteiger partial charge in [0, 0.05) is 30.6 Å². The van der Waals surface area contributed by atoms with Crippen LogP contribution in [0, 0.1) is 22.9 Å². The molecule has 0 saturated heterocycles. The van der Waals surface area contributed by atoms with Crippen LogP contribution in [-0.2, 0) is 0 Å². The van der Waals surface area contributed by atoms with Crippen LogP contribution >= 0.6 is 0 Å². The molecular formula is C14H14FN3O2. The lowest BCUT2D eigenvalue weighted by Crippen LogP contribution is -1.98. The van der Waals surface area contributed by atoms with Crippen LogP contribution in [0.4, 0.5) is 27.1 Å². The minimum Gasteiger partial charge on any atom is -0.388 e. The molecule has 0 bridgehead atoms. The summed E-state index contributed by atoms with van der Waals surface area (Å²) in [6, 6.07) is 9.21. The first-order valence-corrected chi connectivity index (χ1v) is 6.00. The predicted molar refractivity (Wildman–Crippen MR) is 77.1 cm³/mol. The summed E-state index contributed by atoms with van der Waals surface area (Å²) in [5, 5.41) is 16.5. The van der Waals surface area contributed by atoms with Crippen LogP contribution in [0.15, 0.2) is 36.4 Å². The first-order chi connectivity index (χ1) is 9.49. The third-order valence-electron chi connectivity index (χ3n) is 2.82. The van der Waals surface area contributed by atoms with Gasteiger partial charge in [-0.15, -0.1) is 0 Å². The molecule has 104 valence electrons. The molecule has 0 heterocycles. The minimum absolute atomic E-state index is 0.0631. The summed E-state index contributed by atoms with van der Waals surface area (Å²) in [6.45, 7) is 1.79. The molecule has 2 aromatic rings. The Morgan fingerprint density at radius 1 is 1.15 bits per heavy atom. The second-order valence-corrected chi connectivity index (χ2v) is 4.38. The van der Waals surface area contributed by atoms with Crippen LogP contribution in [0.1, 0.15) is 5.56 Å². The van der Waals surface area contributed by atoms with Crippen LogP contribution in [0.5, 0.6) is 0 Å². The SMILES string of the molecule is CNc1cc(Nc2ccc(C)cc2F)cc([N+](=O)[O-])c1. The topological polar surface area (TPSA) is 67.2 Å². The van der Waals surface area contributed by atoms with Crippen molar-refractivity contribution in [3.8, 4) is 0 Å². The average Bonchev–Trinajstić information content (AvgIpc) is 2.41. The number of hydrogen-bond acceptors (Lipinski definition) is 4. The molecule has 0 atom stereocenters. The zero-order valence-corrected chi connectivity index (χ0v) is 11.1. The highest BCUT2D eigenvalue weighted by molar-refractivity contribution is 5.69. The zero-order valence-electron chi connectivity index (χ0n) is 11.1. The molecule has 0 saturated carbocycles. The molecule has 6 heteroatoms. The lowest BCUT2D eigenvalue weighted by atomic mass is 10.2. The number of nitrogens with zero attached hydrogens (tertiary/aromatic N) is 1. The second kappa shape index (κ2) is 5.56. The Bertz CT molecular complexity index is 659. The molecule has 0 aliphatic rings. The quantitative estimate of drug-likeness (QED) is 0.657. The first kappa shape index (κ1) is 13.8. The number of nitro benzene ring substituents is 1. The van der Waals surface area contributed by atoms with Crippen molar-refractivity contribution in [1.29, 1.82) is 0 Å². The molecule has 2 rings (SSSR count). The van der Waals surface area contributed by atoms with E-state index in [1.165, 1.54) is 18.2 Å². The summed E-state index contributed by atoms with van der Waals surface area (Å²) in [5.41, 5.74) is 2.05. The van der Waals surface area contributed by atoms with Crippen molar-refractivity contribution in [3.63, 3.8) is 0 Å². The monoisotopic (exact) mass is 275 g/mol. The smallest absolute Gasteiger partial charge is 0.273 e. The lowest BCUT2D eigenvalue weighted by Gasteiger charge is -2.10. The number of anilines is 3. The highest BCUT2D eigenvalue weighted by atomic mass is 19.1. The summed E-state index contributed by atoms with van der Waals surface area (Å²) in [4.78, 5) is 10.4. The fourth-order valence-electron chi connectivity index (χ4n) is 1.81. The van der Waals surface area contributed by atoms with E-state index in [-0.39, 0.29) is 11.4 Å². The maximum Gasteiger partial charge on any atom is 0.273 e. The normalized spacial score (nSPS) is 10.2. The molecule has 2 N–H and O–H groups in total. The van der Waals surface area contributed by atoms with E-state index >= 15 is 0 Å². The Morgan fingerprint density at radius 3 is 2.45 bits per heavy atom. The number of hydrogen-bond donors (Lipinski definition) is 2. The minimum atomic E-state index is -0.489. The number of nitro groups is 1. The number of rotatable bonds is 4. The van der Waals surface area contributed by atoms with Crippen LogP contribution < -0.4 is 10.6 Å². The molecule has 0 unspecified atom stereocenters. The zero-order chi connectivity index (χ0) is 14.7. The molecule has 20 heavy (non-hydrogen) atoms. The number of benzene rings is 2. The van der Waals surface area contributed by atoms with E-state index < -0.39 is 10.7 Å². The lowest BCUT2D eigenvalue weighted by molar-refractivity contribution is -0.384. The van der Waals surface area contributed by atoms with Crippen LogP contribution in [0.2, 0.25) is 0 Å². The molecule has 0 fully saturated rings. The van der Waals surface area contributed by atoms with Crippen LogP contribution in [0.25, 0.3) is 0 Å². The molecule has 0 amide bonds. The number of halogens is 1. The third kappa shape index (κ3) is 3.03. The predicted octanol–water partition coefficient (Wildman–Crippen LogP) is 3.83. The van der Waals surface area contributed by atoms with Gasteiger partial charge >= 0.3 is 0 Å². The van der Waals surface area contributed by atoms with Crippen molar-refractivity contribution in [2.24, 2.45) is 0 Å². The summed E-state index contributed by atoms with van der Waals surface area (Å²) in [5.74, 6) is -0.400. The van der Waals surface area contributed by atoms with E-state index in [0.717, 1.165) is 5.56 Å². The van der Waals surface area contributed by atoms with Gasteiger partial charge in [-0.1, -0.05) is 6.07 Å². The Morgan fingerprint density at radius 2 is 1.85 bits per heavy atom. The van der Waals surface area contributed by atoms with Crippen molar-refractivity contribution in [1.82, 2.24) is 0 Å². The van der Waals surface area contributed by atoms with Crippen molar-refractivity contribution in [2.45, 2.75) is 6.92 Å². The fourth-order valence-corrected chi connectivity index (χ4v) is 1.81. The Kier molecular flexibility index (Phi) is 3.84. The van der Waals surface area contributed by atoms with Gasteiger partial charge in [-0.25, -0.2) is 4.39 Å². The third-order valence-corrected chi connectivity index (χ3v) is 2.82. The Balaban J connectivity index is 2.37. The van der Waals surface area contributed by atoms with Gasteiger partial charge < -0.3 is 10.6 Å². The van der Waals surface area contributed by atoms with Crippen molar-refractivity contribution in [3.05, 3.63) is 57.9 Å². The summed E-state index contributed by atoms with van der Waals surface area (Å²) in [7, 11) is 1.66. The van der Waals surface area contributed by atoms with Crippen molar-refractivity contribution >= 4 is 22.7 Å². The van der Waals surface area contributed by atoms with Gasteiger partial charge in [-0.05, 0) is 30.7 Å². The molecule has 0 radical (unpaired) electrons. The van der Waals surface area contributed by atoms with Gasteiger partial charge in [0.25, 0.3) is 5.69 Å². The largest absolute Gasteiger partial charge is 0.388 e. The van der Waals surface area contributed by atoms with Crippen molar-refractivity contribution in [2.75, 3.05) is 17.7 Å². The first-order valence-electron chi connectivity index (χ1n) is 6.00. The van der Waals surface area contributed by atoms with E-state index in [1.54, 1.807) is 32.2 Å². The molecule has 0 aliphatic heterocycles. The van der Waals surface area contributed by atoms with Gasteiger partial charge in [0.2, 0.25) is 0 Å². The fraction of sp³-hybridized carbons (Fsp3) is 0.143. The molecule has 5 nitrogen and oxygen atoms in total. The van der Waals surface area contributed by atoms with Gasteiger partial charge in [0.05, 0.1) is 10.6 Å². The summed E-state index contributed by atoms with van der Waals surface area (Å²) < 4.78 is 13.8. The molecule has 0 spiro atoms. The van der Waals surface area contributed by atoms with Gasteiger partial charge in [0.1, 0.15) is 5.82 Å². The highest BCUT2D eigenvalue weighted by Crippen LogP contribution is 2.27. The second-order valence-electron chi connectivity index (χ2n) is 4.38. The van der Waals surface area contributed by atoms with Crippen LogP contribution in [0.3, 0.4) is 0 Å². The Labute approximate surface area is 115 Å². The molecular weight excluding hydrogens is 261 g/mol. The molecule has 2 aromatic carbocycles. The molecule has 0 aliphatic carbocycles. The number of non-ortho nitro benzene ring substituents is 1. The van der Waals surface area contributed by atoms with E-state index in [1.807, 2.05) is 0 Å². The van der Waals surface area contributed by atoms with Gasteiger partial charge in [0.15, 0.2) is 0 Å². The maximum atomic E-state index is 13.8. The average molecular weight is 275 g/mol. The maximum absolute atomic E-state index is 13.8. The number of aryl methyl sites for hydroxylation is 1. The van der Waals surface area contributed by atoms with Crippen LogP contribution in [-0.4, -0.2) is 12.0 Å². The Hall–Kier alpha value is -2.63. The van der Waals surface area contributed by atoms with Gasteiger partial charge in [-0.3, -0.25) is 10.1 Å².